The van der Waals surface area contributed by atoms with Crippen molar-refractivity contribution in [2.45, 2.75) is 33.1 Å². The Kier molecular flexibility index (Phi) is 5.26. The number of aromatic nitrogens is 3. The SMILES string of the molecule is CCCNC(=O)CNc1nn2c(=O)cc(CCC)nc2s1. The van der Waals surface area contributed by atoms with E-state index in [1.54, 1.807) is 0 Å². The molecule has 1 amide bonds. The second-order valence-electron chi connectivity index (χ2n) is 4.64. The van der Waals surface area contributed by atoms with Crippen molar-refractivity contribution in [3.8, 4) is 0 Å². The summed E-state index contributed by atoms with van der Waals surface area (Å²) in [5.41, 5.74) is 0.585. The Bertz CT molecular complexity index is 679. The lowest BCUT2D eigenvalue weighted by atomic mass is 10.2. The fourth-order valence-corrected chi connectivity index (χ4v) is 2.61. The van der Waals surface area contributed by atoms with Crippen LogP contribution in [0.2, 0.25) is 0 Å². The minimum atomic E-state index is -0.191. The van der Waals surface area contributed by atoms with Gasteiger partial charge < -0.3 is 10.6 Å². The van der Waals surface area contributed by atoms with E-state index >= 15 is 0 Å². The van der Waals surface area contributed by atoms with Gasteiger partial charge in [0.15, 0.2) is 0 Å². The van der Waals surface area contributed by atoms with Gasteiger partial charge in [0.25, 0.3) is 5.56 Å². The molecule has 2 aromatic heterocycles. The summed E-state index contributed by atoms with van der Waals surface area (Å²) in [5, 5.41) is 10.3. The fourth-order valence-electron chi connectivity index (χ4n) is 1.79. The molecule has 21 heavy (non-hydrogen) atoms. The lowest BCUT2D eigenvalue weighted by Gasteiger charge is -2.02. The number of nitrogens with zero attached hydrogens (tertiary/aromatic N) is 3. The average molecular weight is 309 g/mol. The van der Waals surface area contributed by atoms with Crippen molar-refractivity contribution in [2.24, 2.45) is 0 Å². The third-order valence-corrected chi connectivity index (χ3v) is 3.64. The topological polar surface area (TPSA) is 88.4 Å². The maximum absolute atomic E-state index is 11.9. The van der Waals surface area contributed by atoms with Crippen LogP contribution in [0, 0.1) is 0 Å². The Hall–Kier alpha value is -1.96. The van der Waals surface area contributed by atoms with Crippen molar-refractivity contribution >= 4 is 27.3 Å². The summed E-state index contributed by atoms with van der Waals surface area (Å²) in [6.07, 6.45) is 2.60. The molecule has 0 radical (unpaired) electrons. The van der Waals surface area contributed by atoms with Crippen molar-refractivity contribution in [2.75, 3.05) is 18.4 Å². The molecule has 0 spiro atoms. The number of rotatable bonds is 7. The lowest BCUT2D eigenvalue weighted by molar-refractivity contribution is -0.119. The largest absolute Gasteiger partial charge is 0.355 e. The first kappa shape index (κ1) is 15.4. The van der Waals surface area contributed by atoms with Crippen LogP contribution in [0.25, 0.3) is 4.96 Å². The van der Waals surface area contributed by atoms with Crippen LogP contribution in [0.15, 0.2) is 10.9 Å². The molecule has 7 nitrogen and oxygen atoms in total. The highest BCUT2D eigenvalue weighted by molar-refractivity contribution is 7.20. The van der Waals surface area contributed by atoms with E-state index in [1.165, 1.54) is 21.9 Å². The number of carbonyl (C=O) groups excluding carboxylic acids is 1. The third kappa shape index (κ3) is 4.01. The standard InChI is InChI=1S/C13H19N5O2S/c1-3-5-9-7-11(20)18-13(16-9)21-12(17-18)15-8-10(19)14-6-4-2/h7H,3-6,8H2,1-2H3,(H,14,19)(H,15,17). The number of carbonyl (C=O) groups is 1. The number of fused-ring (bicyclic) bond motifs is 1. The molecule has 0 saturated heterocycles. The molecule has 0 unspecified atom stereocenters. The van der Waals surface area contributed by atoms with Gasteiger partial charge in [0, 0.05) is 18.3 Å². The van der Waals surface area contributed by atoms with Crippen LogP contribution in [0.5, 0.6) is 0 Å². The smallest absolute Gasteiger partial charge is 0.275 e. The molecule has 2 N–H and O–H groups in total. The van der Waals surface area contributed by atoms with Crippen molar-refractivity contribution in [1.29, 1.82) is 0 Å². The fraction of sp³-hybridized carbons (Fsp3) is 0.538. The highest BCUT2D eigenvalue weighted by atomic mass is 32.1. The Morgan fingerprint density at radius 2 is 2.19 bits per heavy atom. The first-order valence-corrected chi connectivity index (χ1v) is 7.86. The molecule has 0 aliphatic rings. The second kappa shape index (κ2) is 7.16. The highest BCUT2D eigenvalue weighted by Crippen LogP contribution is 2.16. The summed E-state index contributed by atoms with van der Waals surface area (Å²) >= 11 is 1.27. The number of amides is 1. The molecule has 114 valence electrons. The molecule has 2 aromatic rings. The second-order valence-corrected chi connectivity index (χ2v) is 5.60. The Morgan fingerprint density at radius 1 is 1.38 bits per heavy atom. The predicted molar refractivity (Wildman–Crippen MR) is 82.9 cm³/mol. The van der Waals surface area contributed by atoms with E-state index in [0.717, 1.165) is 25.0 Å². The summed E-state index contributed by atoms with van der Waals surface area (Å²) in [6.45, 7) is 4.82. The van der Waals surface area contributed by atoms with Crippen LogP contribution < -0.4 is 16.2 Å². The van der Waals surface area contributed by atoms with E-state index in [1.807, 2.05) is 13.8 Å². The Labute approximate surface area is 126 Å². The normalized spacial score (nSPS) is 10.8. The number of hydrogen-bond donors (Lipinski definition) is 2. The van der Waals surface area contributed by atoms with Gasteiger partial charge in [-0.1, -0.05) is 31.6 Å². The zero-order valence-corrected chi connectivity index (χ0v) is 13.0. The molecule has 0 bridgehead atoms. The van der Waals surface area contributed by atoms with Crippen LogP contribution in [-0.4, -0.2) is 33.6 Å². The Morgan fingerprint density at radius 3 is 2.90 bits per heavy atom. The minimum Gasteiger partial charge on any atom is -0.355 e. The van der Waals surface area contributed by atoms with Crippen molar-refractivity contribution in [1.82, 2.24) is 19.9 Å². The molecule has 0 fully saturated rings. The molecule has 8 heteroatoms. The van der Waals surface area contributed by atoms with E-state index in [2.05, 4.69) is 20.7 Å². The van der Waals surface area contributed by atoms with Gasteiger partial charge in [-0.2, -0.15) is 4.52 Å². The van der Waals surface area contributed by atoms with E-state index in [0.29, 0.717) is 16.6 Å². The van der Waals surface area contributed by atoms with Gasteiger partial charge >= 0.3 is 0 Å². The van der Waals surface area contributed by atoms with Crippen molar-refractivity contribution < 1.29 is 4.79 Å². The number of anilines is 1. The minimum absolute atomic E-state index is 0.0944. The molecule has 0 aliphatic carbocycles. The summed E-state index contributed by atoms with van der Waals surface area (Å²) in [6, 6.07) is 1.51. The van der Waals surface area contributed by atoms with Gasteiger partial charge in [-0.15, -0.1) is 5.10 Å². The van der Waals surface area contributed by atoms with Gasteiger partial charge in [0.1, 0.15) is 0 Å². The zero-order valence-electron chi connectivity index (χ0n) is 12.2. The number of nitrogens with one attached hydrogen (secondary N) is 2. The highest BCUT2D eigenvalue weighted by Gasteiger charge is 2.09. The number of aryl methyl sites for hydroxylation is 1. The first-order valence-electron chi connectivity index (χ1n) is 7.04. The quantitative estimate of drug-likeness (QED) is 0.798. The molecular formula is C13H19N5O2S. The molecule has 0 atom stereocenters. The van der Waals surface area contributed by atoms with E-state index in [9.17, 15) is 9.59 Å². The third-order valence-electron chi connectivity index (χ3n) is 2.78. The molecule has 0 saturated carbocycles. The van der Waals surface area contributed by atoms with Crippen LogP contribution in [-0.2, 0) is 11.2 Å². The summed E-state index contributed by atoms with van der Waals surface area (Å²) in [4.78, 5) is 28.4. The van der Waals surface area contributed by atoms with Gasteiger partial charge in [0.2, 0.25) is 16.0 Å². The average Bonchev–Trinajstić information content (AvgIpc) is 2.87. The van der Waals surface area contributed by atoms with Gasteiger partial charge in [-0.3, -0.25) is 9.59 Å². The summed E-state index contributed by atoms with van der Waals surface area (Å²) in [5.74, 6) is -0.0944. The maximum atomic E-state index is 11.9. The van der Waals surface area contributed by atoms with Crippen LogP contribution in [0.4, 0.5) is 5.13 Å². The van der Waals surface area contributed by atoms with Crippen LogP contribution in [0.3, 0.4) is 0 Å². The monoisotopic (exact) mass is 309 g/mol. The van der Waals surface area contributed by atoms with E-state index in [-0.39, 0.29) is 18.0 Å². The molecule has 2 rings (SSSR count). The summed E-state index contributed by atoms with van der Waals surface area (Å²) in [7, 11) is 0. The zero-order chi connectivity index (χ0) is 15.2. The lowest BCUT2D eigenvalue weighted by Crippen LogP contribution is -2.30. The molecule has 0 aliphatic heterocycles. The summed E-state index contributed by atoms with van der Waals surface area (Å²) < 4.78 is 1.26. The molecule has 2 heterocycles. The Balaban J connectivity index is 2.10. The van der Waals surface area contributed by atoms with Crippen molar-refractivity contribution in [3.05, 3.63) is 22.1 Å². The van der Waals surface area contributed by atoms with E-state index in [4.69, 9.17) is 0 Å². The maximum Gasteiger partial charge on any atom is 0.275 e. The van der Waals surface area contributed by atoms with Gasteiger partial charge in [-0.25, -0.2) is 4.98 Å². The van der Waals surface area contributed by atoms with Crippen LogP contribution in [0.1, 0.15) is 32.4 Å². The predicted octanol–water partition coefficient (Wildman–Crippen LogP) is 1.04. The number of hydrogen-bond acceptors (Lipinski definition) is 6. The van der Waals surface area contributed by atoms with Gasteiger partial charge in [-0.05, 0) is 12.8 Å². The van der Waals surface area contributed by atoms with Crippen molar-refractivity contribution in [3.63, 3.8) is 0 Å². The molecular weight excluding hydrogens is 290 g/mol. The van der Waals surface area contributed by atoms with E-state index < -0.39 is 0 Å². The van der Waals surface area contributed by atoms with Gasteiger partial charge in [0.05, 0.1) is 6.54 Å². The molecule has 0 aromatic carbocycles. The van der Waals surface area contributed by atoms with Crippen LogP contribution >= 0.6 is 11.3 Å². The first-order chi connectivity index (χ1) is 10.1.